The van der Waals surface area contributed by atoms with Gasteiger partial charge >= 0.3 is 0 Å². The van der Waals surface area contributed by atoms with Gasteiger partial charge in [-0.2, -0.15) is 0 Å². The number of rotatable bonds is 11. The molecule has 242 valence electrons. The van der Waals surface area contributed by atoms with Crippen LogP contribution in [0.15, 0.2) is 90.0 Å². The second-order valence-electron chi connectivity index (χ2n) is 10.6. The normalized spacial score (nSPS) is 13.8. The lowest BCUT2D eigenvalue weighted by Gasteiger charge is -2.34. The molecule has 5 aromatic rings. The Balaban J connectivity index is 1.15. The first-order chi connectivity index (χ1) is 22.7. The number of nitrogens with one attached hydrogen (secondary N) is 3. The molecule has 6 rings (SSSR count). The van der Waals surface area contributed by atoms with E-state index in [0.717, 1.165) is 11.3 Å². The van der Waals surface area contributed by atoms with E-state index in [-0.39, 0.29) is 28.2 Å². The van der Waals surface area contributed by atoms with Crippen molar-refractivity contribution in [3.63, 3.8) is 0 Å². The number of benzene rings is 3. The van der Waals surface area contributed by atoms with E-state index in [9.17, 15) is 28.4 Å². The Morgan fingerprint density at radius 2 is 1.68 bits per heavy atom. The number of carbonyl (C=O) groups is 1. The summed E-state index contributed by atoms with van der Waals surface area (Å²) in [5.74, 6) is 0.188. The molecule has 0 bridgehead atoms. The number of aliphatic hydroxyl groups excluding tert-OH is 1. The highest BCUT2D eigenvalue weighted by molar-refractivity contribution is 7.93. The topological polar surface area (TPSA) is 183 Å². The number of aliphatic hydroxyl groups is 1. The highest BCUT2D eigenvalue weighted by Crippen LogP contribution is 2.36. The number of piperazine rings is 1. The van der Waals surface area contributed by atoms with Crippen molar-refractivity contribution in [1.29, 1.82) is 0 Å². The van der Waals surface area contributed by atoms with Gasteiger partial charge < -0.3 is 20.6 Å². The van der Waals surface area contributed by atoms with Crippen LogP contribution in [0.4, 0.5) is 33.7 Å². The number of pyridine rings is 1. The first-order valence-electron chi connectivity index (χ1n) is 14.6. The molecule has 1 aliphatic heterocycles. The number of amides is 1. The highest BCUT2D eigenvalue weighted by atomic mass is 32.2. The van der Waals surface area contributed by atoms with E-state index in [4.69, 9.17) is 0 Å². The molecule has 47 heavy (non-hydrogen) atoms. The van der Waals surface area contributed by atoms with Crippen molar-refractivity contribution in [2.24, 2.45) is 0 Å². The number of nitro benzene ring substituents is 1. The van der Waals surface area contributed by atoms with Gasteiger partial charge in [0.2, 0.25) is 0 Å². The van der Waals surface area contributed by atoms with Crippen LogP contribution in [0.25, 0.3) is 10.2 Å². The van der Waals surface area contributed by atoms with Gasteiger partial charge in [-0.1, -0.05) is 29.5 Å². The van der Waals surface area contributed by atoms with Crippen LogP contribution in [0.3, 0.4) is 0 Å². The van der Waals surface area contributed by atoms with Gasteiger partial charge in [-0.15, -0.1) is 0 Å². The van der Waals surface area contributed by atoms with Gasteiger partial charge in [0.05, 0.1) is 37.9 Å². The number of carbonyl (C=O) groups excluding carboxylic acids is 1. The average molecular weight is 675 g/mol. The summed E-state index contributed by atoms with van der Waals surface area (Å²) in [4.78, 5) is 36.9. The van der Waals surface area contributed by atoms with Crippen molar-refractivity contribution in [1.82, 2.24) is 19.8 Å². The van der Waals surface area contributed by atoms with Gasteiger partial charge in [-0.05, 0) is 54.6 Å². The molecule has 0 unspecified atom stereocenters. The smallest absolute Gasteiger partial charge is 0.292 e. The molecule has 1 fully saturated rings. The molecule has 0 atom stereocenters. The lowest BCUT2D eigenvalue weighted by Crippen LogP contribution is -2.49. The third-order valence-electron chi connectivity index (χ3n) is 7.55. The van der Waals surface area contributed by atoms with Crippen LogP contribution in [-0.2, 0) is 10.0 Å². The lowest BCUT2D eigenvalue weighted by atomic mass is 10.2. The van der Waals surface area contributed by atoms with E-state index < -0.39 is 14.9 Å². The molecule has 16 heteroatoms. The summed E-state index contributed by atoms with van der Waals surface area (Å²) in [5.41, 5.74) is 2.21. The van der Waals surface area contributed by atoms with Crippen molar-refractivity contribution in [3.8, 4) is 0 Å². The average Bonchev–Trinajstić information content (AvgIpc) is 3.48. The molecule has 3 aromatic carbocycles. The molecule has 3 heterocycles. The SMILES string of the molecule is O=C(c1cccnc1Nc1ccc(S(=O)(=O)Nc2nc3cccc(Nc4ccccc4[N+](=O)[O-])c3s2)cc1)N1CCN(CCO)CC1. The summed E-state index contributed by atoms with van der Waals surface area (Å²) in [6.45, 7) is 3.07. The van der Waals surface area contributed by atoms with Crippen molar-refractivity contribution in [2.75, 3.05) is 54.7 Å². The summed E-state index contributed by atoms with van der Waals surface area (Å²) in [7, 11) is -4.02. The van der Waals surface area contributed by atoms with E-state index in [1.807, 2.05) is 0 Å². The van der Waals surface area contributed by atoms with Crippen molar-refractivity contribution in [3.05, 3.63) is 101 Å². The van der Waals surface area contributed by atoms with Gasteiger partial charge in [0.25, 0.3) is 21.6 Å². The predicted molar refractivity (Wildman–Crippen MR) is 180 cm³/mol. The number of nitro groups is 1. The number of anilines is 5. The quantitative estimate of drug-likeness (QED) is 0.113. The van der Waals surface area contributed by atoms with Crippen LogP contribution in [-0.4, -0.2) is 83.5 Å². The molecule has 0 aliphatic carbocycles. The Morgan fingerprint density at radius 3 is 2.43 bits per heavy atom. The van der Waals surface area contributed by atoms with Gasteiger partial charge in [0.15, 0.2) is 5.13 Å². The minimum absolute atomic E-state index is 0.00126. The minimum Gasteiger partial charge on any atom is -0.395 e. The number of thiazole rings is 1. The van der Waals surface area contributed by atoms with Crippen molar-refractivity contribution in [2.45, 2.75) is 4.90 Å². The van der Waals surface area contributed by atoms with Crippen LogP contribution in [0.2, 0.25) is 0 Å². The number of hydrogen-bond acceptors (Lipinski definition) is 12. The van der Waals surface area contributed by atoms with Crippen molar-refractivity contribution < 1.29 is 23.2 Å². The number of sulfonamides is 1. The van der Waals surface area contributed by atoms with E-state index in [0.29, 0.717) is 71.4 Å². The number of nitrogens with zero attached hydrogens (tertiary/aromatic N) is 5. The number of para-hydroxylation sites is 2. The van der Waals surface area contributed by atoms with Crippen LogP contribution < -0.4 is 15.4 Å². The molecule has 2 aromatic heterocycles. The fourth-order valence-corrected chi connectivity index (χ4v) is 7.33. The molecule has 0 radical (unpaired) electrons. The van der Waals surface area contributed by atoms with Gasteiger partial charge in [0.1, 0.15) is 11.5 Å². The first-order valence-corrected chi connectivity index (χ1v) is 16.9. The van der Waals surface area contributed by atoms with Gasteiger partial charge in [-0.25, -0.2) is 18.4 Å². The Bertz CT molecular complexity index is 2030. The third kappa shape index (κ3) is 7.15. The molecule has 4 N–H and O–H groups in total. The fourth-order valence-electron chi connectivity index (χ4n) is 5.17. The van der Waals surface area contributed by atoms with E-state index in [1.165, 1.54) is 18.2 Å². The standard InChI is InChI=1S/C31H30N8O6S2/c40-20-19-37-15-17-38(18-16-37)30(41)23-5-4-14-32-29(23)33-21-10-12-22(13-11-21)47(44,45)36-31-35-26-8-3-7-25(28(26)46-31)34-24-6-1-2-9-27(24)39(42)43/h1-14,34,40H,15-20H2,(H,32,33)(H,35,36). The summed E-state index contributed by atoms with van der Waals surface area (Å²) < 4.78 is 29.7. The molecule has 1 aliphatic rings. The summed E-state index contributed by atoms with van der Waals surface area (Å²) >= 11 is 1.10. The Morgan fingerprint density at radius 1 is 0.936 bits per heavy atom. The Kier molecular flexibility index (Phi) is 9.26. The molecule has 14 nitrogen and oxygen atoms in total. The molecule has 0 spiro atoms. The summed E-state index contributed by atoms with van der Waals surface area (Å²) in [6.07, 6.45) is 1.57. The summed E-state index contributed by atoms with van der Waals surface area (Å²) in [6, 6.07) is 20.9. The zero-order valence-electron chi connectivity index (χ0n) is 24.9. The largest absolute Gasteiger partial charge is 0.395 e. The summed E-state index contributed by atoms with van der Waals surface area (Å²) in [5, 5.41) is 27.0. The minimum atomic E-state index is -4.02. The molecular weight excluding hydrogens is 645 g/mol. The fraction of sp³-hybridized carbons (Fsp3) is 0.194. The van der Waals surface area contributed by atoms with Crippen LogP contribution in [0.1, 0.15) is 10.4 Å². The van der Waals surface area contributed by atoms with Crippen LogP contribution in [0.5, 0.6) is 0 Å². The van der Waals surface area contributed by atoms with Crippen LogP contribution in [0, 0.1) is 10.1 Å². The first kappa shape index (κ1) is 31.8. The maximum absolute atomic E-state index is 13.3. The number of aromatic nitrogens is 2. The molecular formula is C31H30N8O6S2. The third-order valence-corrected chi connectivity index (χ3v) is 10.1. The maximum atomic E-state index is 13.3. The Hall–Kier alpha value is -5.16. The van der Waals surface area contributed by atoms with E-state index in [2.05, 4.69) is 30.2 Å². The maximum Gasteiger partial charge on any atom is 0.292 e. The zero-order valence-corrected chi connectivity index (χ0v) is 26.5. The molecule has 0 saturated carbocycles. The monoisotopic (exact) mass is 674 g/mol. The van der Waals surface area contributed by atoms with Crippen LogP contribution >= 0.6 is 11.3 Å². The second-order valence-corrected chi connectivity index (χ2v) is 13.3. The van der Waals surface area contributed by atoms with Gasteiger partial charge in [-0.3, -0.25) is 24.5 Å². The molecule has 1 amide bonds. The number of β-amino-alcohol motifs (C(OH)–C–C–N with tert-alkyl or cyclic N) is 1. The Labute approximate surface area is 273 Å². The molecule has 1 saturated heterocycles. The number of fused-ring (bicyclic) bond motifs is 1. The van der Waals surface area contributed by atoms with Crippen molar-refractivity contribution >= 4 is 71.2 Å². The second kappa shape index (κ2) is 13.7. The predicted octanol–water partition coefficient (Wildman–Crippen LogP) is 4.64. The zero-order chi connectivity index (χ0) is 33.0. The highest BCUT2D eigenvalue weighted by Gasteiger charge is 2.24. The van der Waals surface area contributed by atoms with Gasteiger partial charge in [0, 0.05) is 50.7 Å². The number of hydrogen-bond donors (Lipinski definition) is 4. The van der Waals surface area contributed by atoms with E-state index in [1.54, 1.807) is 71.8 Å². The van der Waals surface area contributed by atoms with E-state index >= 15 is 0 Å². The lowest BCUT2D eigenvalue weighted by molar-refractivity contribution is -0.383.